The zero-order valence-electron chi connectivity index (χ0n) is 16.4. The molecule has 0 aromatic rings. The van der Waals surface area contributed by atoms with Crippen LogP contribution in [0.3, 0.4) is 0 Å². The van der Waals surface area contributed by atoms with Gasteiger partial charge in [-0.25, -0.2) is 0 Å². The zero-order chi connectivity index (χ0) is 19.5. The van der Waals surface area contributed by atoms with E-state index in [4.69, 9.17) is 4.74 Å². The summed E-state index contributed by atoms with van der Waals surface area (Å²) in [6, 6.07) is 0.383. The summed E-state index contributed by atoms with van der Waals surface area (Å²) < 4.78 is 5.89. The van der Waals surface area contributed by atoms with E-state index < -0.39 is 18.4 Å². The molecule has 3 N–H and O–H groups in total. The third kappa shape index (κ3) is 1.31. The highest BCUT2D eigenvalue weighted by Gasteiger charge is 2.92. The molecule has 0 radical (unpaired) electrons. The predicted octanol–water partition coefficient (Wildman–Crippen LogP) is 0.653. The van der Waals surface area contributed by atoms with Crippen molar-refractivity contribution in [3.63, 3.8) is 0 Å². The molecule has 9 bridgehead atoms. The maximum Gasteiger partial charge on any atom is 0.302 e. The molecule has 2 spiro atoms. The quantitative estimate of drug-likeness (QED) is 0.452. The van der Waals surface area contributed by atoms with Crippen molar-refractivity contribution < 1.29 is 24.9 Å². The zero-order valence-corrected chi connectivity index (χ0v) is 16.4. The molecule has 6 nitrogen and oxygen atoms in total. The second-order valence-corrected chi connectivity index (χ2v) is 11.4. The highest BCUT2D eigenvalue weighted by molar-refractivity contribution is 5.66. The van der Waals surface area contributed by atoms with Crippen molar-refractivity contribution in [3.8, 4) is 0 Å². The molecule has 0 amide bonds. The normalized spacial score (nSPS) is 69.3. The Kier molecular flexibility index (Phi) is 2.63. The second-order valence-electron chi connectivity index (χ2n) is 11.4. The highest BCUT2D eigenvalue weighted by Crippen LogP contribution is 2.87. The number of carbonyl (C=O) groups excluding carboxylic acids is 1. The van der Waals surface area contributed by atoms with Gasteiger partial charge in [0, 0.05) is 36.3 Å². The van der Waals surface area contributed by atoms with Gasteiger partial charge in [0.15, 0.2) is 0 Å². The van der Waals surface area contributed by atoms with Gasteiger partial charge in [-0.2, -0.15) is 0 Å². The Labute approximate surface area is 164 Å². The molecular formula is C22H29NO5. The molecule has 3 aliphatic heterocycles. The first-order valence-corrected chi connectivity index (χ1v) is 10.8. The summed E-state index contributed by atoms with van der Waals surface area (Å²) >= 11 is 0. The number of aliphatic hydroxyl groups excluding tert-OH is 3. The molecule has 0 aromatic carbocycles. The van der Waals surface area contributed by atoms with Gasteiger partial charge in [-0.05, 0) is 48.3 Å². The van der Waals surface area contributed by atoms with Crippen LogP contribution in [0.5, 0.6) is 0 Å². The van der Waals surface area contributed by atoms with Crippen LogP contribution in [-0.2, 0) is 9.53 Å². The first-order chi connectivity index (χ1) is 13.2. The number of rotatable bonds is 1. The molecule has 3 heterocycles. The summed E-state index contributed by atoms with van der Waals surface area (Å²) in [5.41, 5.74) is 0.388. The molecule has 9 rings (SSSR count). The van der Waals surface area contributed by atoms with E-state index in [2.05, 4.69) is 18.4 Å². The third-order valence-corrected chi connectivity index (χ3v) is 10.6. The van der Waals surface area contributed by atoms with Crippen LogP contribution in [0.25, 0.3) is 0 Å². The van der Waals surface area contributed by atoms with Gasteiger partial charge < -0.3 is 20.1 Å². The second kappa shape index (κ2) is 4.39. The van der Waals surface area contributed by atoms with Gasteiger partial charge in [-0.3, -0.25) is 9.69 Å². The number of hydrogen-bond donors (Lipinski definition) is 3. The number of hydrogen-bond acceptors (Lipinski definition) is 6. The third-order valence-electron chi connectivity index (χ3n) is 10.6. The van der Waals surface area contributed by atoms with E-state index >= 15 is 0 Å². The largest absolute Gasteiger partial charge is 0.461 e. The molecule has 3 saturated heterocycles. The number of ether oxygens (including phenoxy) is 1. The summed E-state index contributed by atoms with van der Waals surface area (Å²) in [5.74, 6) is -0.0180. The van der Waals surface area contributed by atoms with Crippen molar-refractivity contribution in [1.29, 1.82) is 0 Å². The van der Waals surface area contributed by atoms with Crippen molar-refractivity contribution in [2.45, 2.75) is 76.2 Å². The molecule has 28 heavy (non-hydrogen) atoms. The molecule has 6 aliphatic carbocycles. The first-order valence-electron chi connectivity index (χ1n) is 10.8. The lowest BCUT2D eigenvalue weighted by Crippen LogP contribution is -2.68. The number of nitrogens with zero attached hydrogens (tertiary/aromatic N) is 1. The van der Waals surface area contributed by atoms with E-state index in [9.17, 15) is 20.1 Å². The Hall–Kier alpha value is -0.950. The van der Waals surface area contributed by atoms with Crippen molar-refractivity contribution in [2.75, 3.05) is 0 Å². The fraction of sp³-hybridized carbons (Fsp3) is 0.864. The van der Waals surface area contributed by atoms with Gasteiger partial charge in [-0.15, -0.1) is 0 Å². The predicted molar refractivity (Wildman–Crippen MR) is 97.5 cm³/mol. The van der Waals surface area contributed by atoms with Crippen molar-refractivity contribution in [2.24, 2.45) is 39.9 Å². The summed E-state index contributed by atoms with van der Waals surface area (Å²) in [4.78, 5) is 14.3. The number of esters is 1. The summed E-state index contributed by atoms with van der Waals surface area (Å²) in [5, 5.41) is 33.9. The minimum atomic E-state index is -0.583. The van der Waals surface area contributed by atoms with Crippen molar-refractivity contribution >= 4 is 5.97 Å². The fourth-order valence-corrected chi connectivity index (χ4v) is 11.0. The van der Waals surface area contributed by atoms with Crippen molar-refractivity contribution in [1.82, 2.24) is 4.90 Å². The van der Waals surface area contributed by atoms with E-state index in [1.807, 2.05) is 0 Å². The molecule has 1 unspecified atom stereocenters. The topological polar surface area (TPSA) is 90.2 Å². The van der Waals surface area contributed by atoms with Crippen LogP contribution in [0, 0.1) is 39.9 Å². The SMILES string of the molecule is C=C1C[C@@]23C[C@H]4[C@@H]5[C@]6(C)C[C@H](O)C[C@@]57[C@@H]2[C@@H](O)[C@@H]1[C@@H](OC(C)=O)[C@@H]3[C@H]7N4[C@H]6O. The summed E-state index contributed by atoms with van der Waals surface area (Å²) in [6.45, 7) is 7.88. The molecule has 14 atom stereocenters. The van der Waals surface area contributed by atoms with Gasteiger partial charge in [-0.1, -0.05) is 19.1 Å². The van der Waals surface area contributed by atoms with Crippen molar-refractivity contribution in [3.05, 3.63) is 12.2 Å². The summed E-state index contributed by atoms with van der Waals surface area (Å²) in [6.07, 6.45) is 1.19. The molecule has 9 fully saturated rings. The van der Waals surface area contributed by atoms with Crippen LogP contribution in [0.4, 0.5) is 0 Å². The lowest BCUT2D eigenvalue weighted by Gasteiger charge is -2.66. The average molecular weight is 387 g/mol. The number of aliphatic hydroxyl groups is 3. The number of carbonyl (C=O) groups is 1. The van der Waals surface area contributed by atoms with E-state index in [-0.39, 0.29) is 52.1 Å². The average Bonchev–Trinajstić information content (AvgIpc) is 2.95. The van der Waals surface area contributed by atoms with Gasteiger partial charge >= 0.3 is 5.97 Å². The molecule has 9 aliphatic rings. The maximum atomic E-state index is 12.0. The Bertz CT molecular complexity index is 845. The molecule has 6 heteroatoms. The Morgan fingerprint density at radius 2 is 1.96 bits per heavy atom. The van der Waals surface area contributed by atoms with Gasteiger partial charge in [0.2, 0.25) is 0 Å². The van der Waals surface area contributed by atoms with E-state index in [1.54, 1.807) is 0 Å². The fourth-order valence-electron chi connectivity index (χ4n) is 11.0. The molecule has 152 valence electrons. The van der Waals surface area contributed by atoms with Crippen LogP contribution in [0.15, 0.2) is 12.2 Å². The molecule has 0 aromatic heterocycles. The van der Waals surface area contributed by atoms with E-state index in [0.717, 1.165) is 18.4 Å². The van der Waals surface area contributed by atoms with E-state index in [0.29, 0.717) is 24.8 Å². The van der Waals surface area contributed by atoms with Crippen LogP contribution in [0.2, 0.25) is 0 Å². The van der Waals surface area contributed by atoms with Gasteiger partial charge in [0.1, 0.15) is 12.3 Å². The van der Waals surface area contributed by atoms with Crippen LogP contribution in [-0.4, -0.2) is 62.8 Å². The minimum absolute atomic E-state index is 0.0800. The lowest BCUT2D eigenvalue weighted by molar-refractivity contribution is -0.222. The van der Waals surface area contributed by atoms with E-state index in [1.165, 1.54) is 6.92 Å². The Morgan fingerprint density at radius 1 is 1.21 bits per heavy atom. The monoisotopic (exact) mass is 387 g/mol. The van der Waals surface area contributed by atoms with Crippen LogP contribution in [0.1, 0.15) is 39.5 Å². The number of fused-ring (bicyclic) bond motifs is 1. The number of piperidine rings is 2. The standard InChI is InChI=1S/C22H29NO5/c1-8-4-21-7-11-16-20(3)5-10(25)6-22(16)17(21)14(26)12(8)15(28-9(2)24)13(21)18(22)23(11)19(20)27/h10-19,25-27H,1,4-7H2,2-3H3/t10-,11-,12+,13+,14-,15+,16+,17+,18+,19-,20-,21-,22-/m0/s1. The first kappa shape index (κ1) is 16.8. The molecule has 6 saturated carbocycles. The Balaban J connectivity index is 1.50. The maximum absolute atomic E-state index is 12.0. The molecular weight excluding hydrogens is 358 g/mol. The summed E-state index contributed by atoms with van der Waals surface area (Å²) in [7, 11) is 0. The van der Waals surface area contributed by atoms with Gasteiger partial charge in [0.25, 0.3) is 0 Å². The lowest BCUT2D eigenvalue weighted by atomic mass is 9.39. The smallest absolute Gasteiger partial charge is 0.302 e. The highest BCUT2D eigenvalue weighted by atomic mass is 16.5. The Morgan fingerprint density at radius 3 is 2.68 bits per heavy atom. The van der Waals surface area contributed by atoms with Gasteiger partial charge in [0.05, 0.1) is 12.2 Å². The van der Waals surface area contributed by atoms with Crippen LogP contribution < -0.4 is 0 Å². The minimum Gasteiger partial charge on any atom is -0.461 e. The van der Waals surface area contributed by atoms with Crippen LogP contribution >= 0.6 is 0 Å².